The SMILES string of the molecule is CC.CCC.[CH3-].[CH3-].[Y]. The van der Waals surface area contributed by atoms with E-state index in [0.29, 0.717) is 0 Å². The summed E-state index contributed by atoms with van der Waals surface area (Å²) >= 11 is 0. The van der Waals surface area contributed by atoms with E-state index in [1.807, 2.05) is 13.8 Å². The van der Waals surface area contributed by atoms with Gasteiger partial charge in [-0.15, -0.1) is 0 Å². The van der Waals surface area contributed by atoms with Crippen LogP contribution < -0.4 is 0 Å². The molecule has 1 radical (unpaired) electrons. The fraction of sp³-hybridized carbons (Fsp3) is 0.714. The molecule has 0 fully saturated rings. The molecule has 0 rings (SSSR count). The molecule has 0 saturated carbocycles. The molecule has 1 heteroatoms. The standard InChI is InChI=1S/C3H8.C2H6.2CH3.Y/c1-3-2;1-2;;;/h3H2,1-2H3;1-2H3;2*1H3;/q;;2*-1;. The van der Waals surface area contributed by atoms with Crippen molar-refractivity contribution in [2.24, 2.45) is 0 Å². The maximum absolute atomic E-state index is 2.12. The fourth-order valence-electron chi connectivity index (χ4n) is 0. The zero-order chi connectivity index (χ0) is 4.71. The van der Waals surface area contributed by atoms with Crippen LogP contribution in [0.15, 0.2) is 0 Å². The van der Waals surface area contributed by atoms with E-state index >= 15 is 0 Å². The van der Waals surface area contributed by atoms with Gasteiger partial charge in [-0.3, -0.25) is 0 Å². The van der Waals surface area contributed by atoms with Crippen LogP contribution in [0.25, 0.3) is 0 Å². The molecule has 0 aromatic rings. The molecule has 0 aromatic carbocycles. The molecule has 0 atom stereocenters. The van der Waals surface area contributed by atoms with Crippen molar-refractivity contribution in [3.8, 4) is 0 Å². The van der Waals surface area contributed by atoms with E-state index in [1.165, 1.54) is 6.42 Å². The molecule has 0 amide bonds. The molecule has 0 aliphatic carbocycles. The van der Waals surface area contributed by atoms with Crippen LogP contribution in [0.5, 0.6) is 0 Å². The van der Waals surface area contributed by atoms with E-state index in [2.05, 4.69) is 13.8 Å². The van der Waals surface area contributed by atoms with Crippen LogP contribution in [0.2, 0.25) is 0 Å². The first-order valence-corrected chi connectivity index (χ1v) is 2.41. The topological polar surface area (TPSA) is 0 Å². The molecule has 0 spiro atoms. The fourth-order valence-corrected chi connectivity index (χ4v) is 0. The third-order valence-electron chi connectivity index (χ3n) is 0. The summed E-state index contributed by atoms with van der Waals surface area (Å²) in [6.45, 7) is 8.25. The summed E-state index contributed by atoms with van der Waals surface area (Å²) < 4.78 is 0. The Hall–Kier alpha value is 1.10. The van der Waals surface area contributed by atoms with Crippen molar-refractivity contribution in [3.63, 3.8) is 0 Å². The molecule has 8 heavy (non-hydrogen) atoms. The summed E-state index contributed by atoms with van der Waals surface area (Å²) in [5.41, 5.74) is 0. The van der Waals surface area contributed by atoms with Crippen molar-refractivity contribution < 1.29 is 32.7 Å². The van der Waals surface area contributed by atoms with Crippen LogP contribution in [0.1, 0.15) is 34.1 Å². The smallest absolute Gasteiger partial charge is 0 e. The molecule has 0 N–H and O–H groups in total. The number of hydrogen-bond acceptors (Lipinski definition) is 0. The van der Waals surface area contributed by atoms with Crippen LogP contribution in [-0.2, 0) is 32.7 Å². The Kier molecular flexibility index (Phi) is 410. The Morgan fingerprint density at radius 1 is 0.875 bits per heavy atom. The quantitative estimate of drug-likeness (QED) is 0.517. The third kappa shape index (κ3) is 217. The molecule has 0 aliphatic rings. The van der Waals surface area contributed by atoms with Crippen LogP contribution in [0, 0.1) is 14.9 Å². The molecule has 0 aliphatic heterocycles. The van der Waals surface area contributed by atoms with Crippen molar-refractivity contribution in [2.75, 3.05) is 0 Å². The van der Waals surface area contributed by atoms with Crippen molar-refractivity contribution in [1.29, 1.82) is 0 Å². The molecule has 53 valence electrons. The van der Waals surface area contributed by atoms with Gasteiger partial charge < -0.3 is 14.9 Å². The third-order valence-corrected chi connectivity index (χ3v) is 0. The van der Waals surface area contributed by atoms with Gasteiger partial charge in [-0.05, 0) is 0 Å². The first kappa shape index (κ1) is 35.5. The summed E-state index contributed by atoms with van der Waals surface area (Å²) in [6, 6.07) is 0. The largest absolute Gasteiger partial charge is 0.358 e. The minimum Gasteiger partial charge on any atom is -0.358 e. The van der Waals surface area contributed by atoms with Crippen molar-refractivity contribution in [2.45, 2.75) is 34.1 Å². The van der Waals surface area contributed by atoms with E-state index in [4.69, 9.17) is 0 Å². The first-order chi connectivity index (χ1) is 2.41. The average molecular weight is 193 g/mol. The monoisotopic (exact) mass is 193 g/mol. The van der Waals surface area contributed by atoms with Crippen LogP contribution >= 0.6 is 0 Å². The van der Waals surface area contributed by atoms with Gasteiger partial charge in [-0.2, -0.15) is 0 Å². The molecule has 0 nitrogen and oxygen atoms in total. The Morgan fingerprint density at radius 2 is 0.875 bits per heavy atom. The zero-order valence-electron chi connectivity index (χ0n) is 7.28. The van der Waals surface area contributed by atoms with Gasteiger partial charge in [0.25, 0.3) is 0 Å². The van der Waals surface area contributed by atoms with Gasteiger partial charge in [0.05, 0.1) is 0 Å². The summed E-state index contributed by atoms with van der Waals surface area (Å²) in [7, 11) is 0. The van der Waals surface area contributed by atoms with Crippen LogP contribution in [-0.4, -0.2) is 0 Å². The Labute approximate surface area is 81.3 Å². The maximum Gasteiger partial charge on any atom is 0 e. The Morgan fingerprint density at radius 3 is 0.875 bits per heavy atom. The predicted molar refractivity (Wildman–Crippen MR) is 40.1 cm³/mol. The second-order valence-corrected chi connectivity index (χ2v) is 0.707. The van der Waals surface area contributed by atoms with Gasteiger partial charge in [-0.25, -0.2) is 0 Å². The summed E-state index contributed by atoms with van der Waals surface area (Å²) in [5.74, 6) is 0. The van der Waals surface area contributed by atoms with E-state index in [1.54, 1.807) is 0 Å². The second-order valence-electron chi connectivity index (χ2n) is 0.707. The average Bonchev–Trinajstić information content (AvgIpc) is 1.46. The van der Waals surface area contributed by atoms with E-state index in [0.717, 1.165) is 0 Å². The van der Waals surface area contributed by atoms with Crippen LogP contribution in [0.4, 0.5) is 0 Å². The van der Waals surface area contributed by atoms with Gasteiger partial charge >= 0.3 is 0 Å². The molecule has 0 saturated heterocycles. The molecular formula is C7H20Y-2. The normalized spacial score (nSPS) is 3.00. The van der Waals surface area contributed by atoms with Crippen LogP contribution in [0.3, 0.4) is 0 Å². The minimum absolute atomic E-state index is 0. The van der Waals surface area contributed by atoms with Gasteiger partial charge in [0.2, 0.25) is 0 Å². The molecule has 0 unspecified atom stereocenters. The van der Waals surface area contributed by atoms with Gasteiger partial charge in [0.1, 0.15) is 0 Å². The Balaban J connectivity index is -0.00000000567. The molecule has 0 heterocycles. The zero-order valence-corrected chi connectivity index (χ0v) is 10.1. The first-order valence-electron chi connectivity index (χ1n) is 2.41. The van der Waals surface area contributed by atoms with E-state index in [-0.39, 0.29) is 47.6 Å². The number of rotatable bonds is 0. The van der Waals surface area contributed by atoms with Crippen molar-refractivity contribution >= 4 is 0 Å². The minimum atomic E-state index is 0. The Bertz CT molecular complexity index is 4.35. The van der Waals surface area contributed by atoms with Gasteiger partial charge in [0.15, 0.2) is 0 Å². The second kappa shape index (κ2) is 92.4. The van der Waals surface area contributed by atoms with Gasteiger partial charge in [0, 0.05) is 32.7 Å². The van der Waals surface area contributed by atoms with Crippen molar-refractivity contribution in [1.82, 2.24) is 0 Å². The van der Waals surface area contributed by atoms with Gasteiger partial charge in [-0.1, -0.05) is 34.1 Å². The van der Waals surface area contributed by atoms with E-state index < -0.39 is 0 Å². The summed E-state index contributed by atoms with van der Waals surface area (Å²) in [5, 5.41) is 0. The summed E-state index contributed by atoms with van der Waals surface area (Å²) in [6.07, 6.45) is 1.25. The maximum atomic E-state index is 2.12. The molecule has 0 bridgehead atoms. The number of hydrogen-bond donors (Lipinski definition) is 0. The molecular weight excluding hydrogens is 173 g/mol. The van der Waals surface area contributed by atoms with E-state index in [9.17, 15) is 0 Å². The van der Waals surface area contributed by atoms with Crippen molar-refractivity contribution in [3.05, 3.63) is 14.9 Å². The molecule has 0 aromatic heterocycles. The summed E-state index contributed by atoms with van der Waals surface area (Å²) in [4.78, 5) is 0. The predicted octanol–water partition coefficient (Wildman–Crippen LogP) is 3.34.